The predicted octanol–water partition coefficient (Wildman–Crippen LogP) is 1.70. The molecule has 1 heterocycles. The van der Waals surface area contributed by atoms with E-state index in [0.29, 0.717) is 6.54 Å². The SMILES string of the molecule is CCNC(=NCC(O)c1cccc(OC(C)C)c1)NCCN1CCCN(C)CC1. The van der Waals surface area contributed by atoms with Crippen LogP contribution in [-0.2, 0) is 0 Å². The molecular formula is C22H39N5O2. The molecule has 1 aromatic carbocycles. The molecule has 29 heavy (non-hydrogen) atoms. The first-order chi connectivity index (χ1) is 14.0. The van der Waals surface area contributed by atoms with Crippen LogP contribution >= 0.6 is 0 Å². The Bertz CT molecular complexity index is 623. The molecule has 1 unspecified atom stereocenters. The Kier molecular flexibility index (Phi) is 10.2. The molecule has 0 spiro atoms. The van der Waals surface area contributed by atoms with Crippen molar-refractivity contribution in [1.29, 1.82) is 0 Å². The van der Waals surface area contributed by atoms with E-state index in [1.807, 2.05) is 45.0 Å². The molecule has 0 saturated carbocycles. The molecule has 1 saturated heterocycles. The van der Waals surface area contributed by atoms with Crippen molar-refractivity contribution >= 4 is 5.96 Å². The second kappa shape index (κ2) is 12.7. The topological polar surface area (TPSA) is 72.4 Å². The third-order valence-corrected chi connectivity index (χ3v) is 4.91. The van der Waals surface area contributed by atoms with E-state index in [4.69, 9.17) is 4.74 Å². The van der Waals surface area contributed by atoms with Gasteiger partial charge in [0.15, 0.2) is 5.96 Å². The normalized spacial score (nSPS) is 17.8. The van der Waals surface area contributed by atoms with Crippen molar-refractivity contribution in [1.82, 2.24) is 20.4 Å². The van der Waals surface area contributed by atoms with Crippen LogP contribution in [0.1, 0.15) is 38.9 Å². The summed E-state index contributed by atoms with van der Waals surface area (Å²) >= 11 is 0. The number of aliphatic hydroxyl groups excluding tert-OH is 1. The number of ether oxygens (including phenoxy) is 1. The Labute approximate surface area is 176 Å². The third-order valence-electron chi connectivity index (χ3n) is 4.91. The van der Waals surface area contributed by atoms with Gasteiger partial charge in [-0.05, 0) is 65.0 Å². The van der Waals surface area contributed by atoms with Gasteiger partial charge in [0.2, 0.25) is 0 Å². The van der Waals surface area contributed by atoms with Gasteiger partial charge in [-0.2, -0.15) is 0 Å². The molecule has 2 rings (SSSR count). The van der Waals surface area contributed by atoms with Crippen molar-refractivity contribution < 1.29 is 9.84 Å². The summed E-state index contributed by atoms with van der Waals surface area (Å²) in [5, 5.41) is 17.2. The van der Waals surface area contributed by atoms with E-state index in [9.17, 15) is 5.11 Å². The largest absolute Gasteiger partial charge is 0.491 e. The highest BCUT2D eigenvalue weighted by molar-refractivity contribution is 5.79. The summed E-state index contributed by atoms with van der Waals surface area (Å²) in [6.45, 7) is 13.5. The summed E-state index contributed by atoms with van der Waals surface area (Å²) in [4.78, 5) is 9.46. The van der Waals surface area contributed by atoms with Crippen molar-refractivity contribution in [2.24, 2.45) is 4.99 Å². The highest BCUT2D eigenvalue weighted by Crippen LogP contribution is 2.20. The number of hydrogen-bond donors (Lipinski definition) is 3. The third kappa shape index (κ3) is 9.02. The van der Waals surface area contributed by atoms with Crippen LogP contribution in [0.15, 0.2) is 29.3 Å². The lowest BCUT2D eigenvalue weighted by Crippen LogP contribution is -2.42. The Hall–Kier alpha value is -1.83. The van der Waals surface area contributed by atoms with E-state index in [2.05, 4.69) is 32.5 Å². The zero-order valence-corrected chi connectivity index (χ0v) is 18.5. The van der Waals surface area contributed by atoms with E-state index in [1.54, 1.807) is 0 Å². The summed E-state index contributed by atoms with van der Waals surface area (Å²) < 4.78 is 5.72. The maximum absolute atomic E-state index is 10.6. The smallest absolute Gasteiger partial charge is 0.191 e. The van der Waals surface area contributed by atoms with Gasteiger partial charge in [0.25, 0.3) is 0 Å². The van der Waals surface area contributed by atoms with Gasteiger partial charge in [-0.25, -0.2) is 0 Å². The number of nitrogens with zero attached hydrogens (tertiary/aromatic N) is 3. The molecule has 0 radical (unpaired) electrons. The fraction of sp³-hybridized carbons (Fsp3) is 0.682. The summed E-state index contributed by atoms with van der Waals surface area (Å²) in [5.41, 5.74) is 0.816. The molecule has 1 aliphatic rings. The lowest BCUT2D eigenvalue weighted by Gasteiger charge is -2.21. The van der Waals surface area contributed by atoms with Crippen LogP contribution in [-0.4, -0.2) is 86.4 Å². The predicted molar refractivity (Wildman–Crippen MR) is 120 cm³/mol. The van der Waals surface area contributed by atoms with E-state index >= 15 is 0 Å². The molecule has 0 aromatic heterocycles. The van der Waals surface area contributed by atoms with Crippen molar-refractivity contribution in [3.05, 3.63) is 29.8 Å². The van der Waals surface area contributed by atoms with E-state index in [1.165, 1.54) is 13.0 Å². The Morgan fingerprint density at radius 1 is 1.21 bits per heavy atom. The number of guanidine groups is 1. The fourth-order valence-electron chi connectivity index (χ4n) is 3.35. The quantitative estimate of drug-likeness (QED) is 0.429. The van der Waals surface area contributed by atoms with Gasteiger partial charge in [0.05, 0.1) is 18.8 Å². The Morgan fingerprint density at radius 2 is 2.03 bits per heavy atom. The average molecular weight is 406 g/mol. The highest BCUT2D eigenvalue weighted by atomic mass is 16.5. The first-order valence-corrected chi connectivity index (χ1v) is 10.9. The zero-order valence-electron chi connectivity index (χ0n) is 18.5. The van der Waals surface area contributed by atoms with Gasteiger partial charge in [-0.3, -0.25) is 4.99 Å². The van der Waals surface area contributed by atoms with Gasteiger partial charge in [-0.1, -0.05) is 12.1 Å². The first kappa shape index (κ1) is 23.4. The number of nitrogens with one attached hydrogen (secondary N) is 2. The molecule has 164 valence electrons. The van der Waals surface area contributed by atoms with Crippen molar-refractivity contribution in [2.45, 2.75) is 39.4 Å². The van der Waals surface area contributed by atoms with Gasteiger partial charge in [0, 0.05) is 32.7 Å². The lowest BCUT2D eigenvalue weighted by molar-refractivity contribution is 0.185. The average Bonchev–Trinajstić information content (AvgIpc) is 2.89. The fourth-order valence-corrected chi connectivity index (χ4v) is 3.35. The molecule has 1 aromatic rings. The van der Waals surface area contributed by atoms with Crippen LogP contribution in [0.4, 0.5) is 0 Å². The second-order valence-corrected chi connectivity index (χ2v) is 7.90. The van der Waals surface area contributed by atoms with Crippen LogP contribution in [0.25, 0.3) is 0 Å². The standard InChI is InChI=1S/C22H39N5O2/c1-5-23-22(24-10-13-27-12-7-11-26(4)14-15-27)25-17-21(28)19-8-6-9-20(16-19)29-18(2)3/h6,8-9,16,18,21,28H,5,7,10-15,17H2,1-4H3,(H2,23,24,25). The van der Waals surface area contributed by atoms with Crippen LogP contribution in [0.3, 0.4) is 0 Å². The molecule has 0 amide bonds. The number of likely N-dealkylation sites (N-methyl/N-ethyl adjacent to an activating group) is 1. The van der Waals surface area contributed by atoms with Crippen molar-refractivity contribution in [3.63, 3.8) is 0 Å². The number of aliphatic hydroxyl groups is 1. The highest BCUT2D eigenvalue weighted by Gasteiger charge is 2.12. The molecule has 1 aliphatic heterocycles. The molecule has 3 N–H and O–H groups in total. The second-order valence-electron chi connectivity index (χ2n) is 7.90. The summed E-state index contributed by atoms with van der Waals surface area (Å²) in [6.07, 6.45) is 0.660. The minimum absolute atomic E-state index is 0.106. The maximum Gasteiger partial charge on any atom is 0.191 e. The van der Waals surface area contributed by atoms with E-state index in [-0.39, 0.29) is 6.10 Å². The summed E-state index contributed by atoms with van der Waals surface area (Å²) in [6, 6.07) is 7.61. The monoisotopic (exact) mass is 405 g/mol. The molecule has 7 nitrogen and oxygen atoms in total. The van der Waals surface area contributed by atoms with Crippen molar-refractivity contribution in [2.75, 3.05) is 59.4 Å². The molecular weight excluding hydrogens is 366 g/mol. The van der Waals surface area contributed by atoms with Gasteiger partial charge >= 0.3 is 0 Å². The molecule has 0 bridgehead atoms. The van der Waals surface area contributed by atoms with Gasteiger partial charge in [0.1, 0.15) is 5.75 Å². The minimum atomic E-state index is -0.665. The number of aliphatic imine (C=N–C) groups is 1. The van der Waals surface area contributed by atoms with Gasteiger partial charge in [-0.15, -0.1) is 0 Å². The summed E-state index contributed by atoms with van der Waals surface area (Å²) in [7, 11) is 2.19. The first-order valence-electron chi connectivity index (χ1n) is 10.9. The number of rotatable bonds is 9. The molecule has 7 heteroatoms. The molecule has 0 aliphatic carbocycles. The number of benzene rings is 1. The van der Waals surface area contributed by atoms with Crippen LogP contribution in [0.2, 0.25) is 0 Å². The maximum atomic E-state index is 10.6. The molecule has 1 atom stereocenters. The summed E-state index contributed by atoms with van der Waals surface area (Å²) in [5.74, 6) is 1.52. The minimum Gasteiger partial charge on any atom is -0.491 e. The Morgan fingerprint density at radius 3 is 2.79 bits per heavy atom. The molecule has 1 fully saturated rings. The lowest BCUT2D eigenvalue weighted by atomic mass is 10.1. The zero-order chi connectivity index (χ0) is 21.1. The number of hydrogen-bond acceptors (Lipinski definition) is 5. The van der Waals surface area contributed by atoms with E-state index in [0.717, 1.165) is 56.5 Å². The van der Waals surface area contributed by atoms with Gasteiger partial charge < -0.3 is 30.3 Å². The van der Waals surface area contributed by atoms with Crippen LogP contribution in [0.5, 0.6) is 5.75 Å². The Balaban J connectivity index is 1.84. The van der Waals surface area contributed by atoms with Crippen LogP contribution < -0.4 is 15.4 Å². The van der Waals surface area contributed by atoms with Crippen LogP contribution in [0, 0.1) is 0 Å². The van der Waals surface area contributed by atoms with E-state index < -0.39 is 6.10 Å². The van der Waals surface area contributed by atoms with Crippen molar-refractivity contribution in [3.8, 4) is 5.75 Å².